The smallest absolute Gasteiger partial charge is 0.254 e. The number of aliphatic hydroxyl groups is 1. The summed E-state index contributed by atoms with van der Waals surface area (Å²) in [6.45, 7) is 14.2. The quantitative estimate of drug-likeness (QED) is 0.377. The molecule has 6 heteroatoms. The number of amides is 2. The molecule has 1 heterocycles. The summed E-state index contributed by atoms with van der Waals surface area (Å²) in [6, 6.07) is 13.8. The molecular formula is C31H45BrN2O3. The number of nitrogens with one attached hydrogen (secondary N) is 1. The van der Waals surface area contributed by atoms with Gasteiger partial charge in [-0.15, -0.1) is 0 Å². The number of benzene rings is 2. The van der Waals surface area contributed by atoms with Crippen molar-refractivity contribution < 1.29 is 14.7 Å². The molecule has 2 aromatic carbocycles. The van der Waals surface area contributed by atoms with Crippen molar-refractivity contribution in [2.45, 2.75) is 86.3 Å². The first-order valence-corrected chi connectivity index (χ1v) is 14.4. The van der Waals surface area contributed by atoms with Gasteiger partial charge in [0.15, 0.2) is 0 Å². The minimum absolute atomic E-state index is 0.00834. The van der Waals surface area contributed by atoms with Crippen LogP contribution in [0.3, 0.4) is 0 Å². The standard InChI is InChI=1S/C24H27BrN2O3.C5H12.C2H6/c25-20-8-10-22-18(13-20)11-12-27(24(22)30)15-21(28)9-7-16-3-1-2-4-19(16)14-26-23(29)17-5-6-17;1-5(2,3)4;1-2/h1-4,8,10,13,17,21,28H,5-7,9,11-12,14-15H2,(H,26,29);1-4H3;1-2H3. The van der Waals surface area contributed by atoms with Crippen LogP contribution in [0.2, 0.25) is 0 Å². The topological polar surface area (TPSA) is 69.6 Å². The number of nitrogens with zero attached hydrogens (tertiary/aromatic N) is 1. The van der Waals surface area contributed by atoms with Gasteiger partial charge in [-0.1, -0.05) is 81.7 Å². The molecule has 5 nitrogen and oxygen atoms in total. The van der Waals surface area contributed by atoms with E-state index in [2.05, 4.69) is 48.9 Å². The Hall–Kier alpha value is -2.18. The number of hydrogen-bond donors (Lipinski definition) is 2. The zero-order chi connectivity index (χ0) is 27.6. The second kappa shape index (κ2) is 14.7. The highest BCUT2D eigenvalue weighted by Crippen LogP contribution is 2.29. The van der Waals surface area contributed by atoms with E-state index < -0.39 is 6.10 Å². The summed E-state index contributed by atoms with van der Waals surface area (Å²) in [4.78, 5) is 26.4. The SMILES string of the molecule is CC.CC(C)(C)C.O=C(NCc1ccccc1CCC(O)CN1CCc2cc(Br)ccc2C1=O)C1CC1. The molecule has 2 aromatic rings. The van der Waals surface area contributed by atoms with Crippen molar-refractivity contribution in [3.05, 3.63) is 69.2 Å². The van der Waals surface area contributed by atoms with Gasteiger partial charge in [0.25, 0.3) is 5.91 Å². The fourth-order valence-corrected chi connectivity index (χ4v) is 4.40. The summed E-state index contributed by atoms with van der Waals surface area (Å²) in [5.41, 5.74) is 4.51. The van der Waals surface area contributed by atoms with Crippen LogP contribution in [0.15, 0.2) is 46.9 Å². The maximum atomic E-state index is 12.8. The number of carbonyl (C=O) groups is 2. The van der Waals surface area contributed by atoms with E-state index in [1.807, 2.05) is 56.3 Å². The molecular weight excluding hydrogens is 528 g/mol. The highest BCUT2D eigenvalue weighted by molar-refractivity contribution is 9.10. The third kappa shape index (κ3) is 11.0. The predicted octanol–water partition coefficient (Wildman–Crippen LogP) is 6.55. The lowest BCUT2D eigenvalue weighted by atomic mass is 9.97. The van der Waals surface area contributed by atoms with Crippen LogP contribution in [0, 0.1) is 11.3 Å². The molecule has 1 aliphatic carbocycles. The lowest BCUT2D eigenvalue weighted by Crippen LogP contribution is -2.42. The Balaban J connectivity index is 0.000000617. The van der Waals surface area contributed by atoms with Crippen LogP contribution in [0.25, 0.3) is 0 Å². The molecule has 0 bridgehead atoms. The molecule has 4 rings (SSSR count). The van der Waals surface area contributed by atoms with Gasteiger partial charge in [0.05, 0.1) is 6.10 Å². The molecule has 1 unspecified atom stereocenters. The average molecular weight is 574 g/mol. The Morgan fingerprint density at radius 2 is 1.73 bits per heavy atom. The van der Waals surface area contributed by atoms with E-state index in [-0.39, 0.29) is 17.7 Å². The number of carbonyl (C=O) groups excluding carboxylic acids is 2. The fourth-order valence-electron chi connectivity index (χ4n) is 3.99. The molecule has 204 valence electrons. The van der Waals surface area contributed by atoms with E-state index in [9.17, 15) is 14.7 Å². The number of hydrogen-bond acceptors (Lipinski definition) is 3. The van der Waals surface area contributed by atoms with Crippen molar-refractivity contribution in [1.82, 2.24) is 10.2 Å². The molecule has 1 saturated carbocycles. The van der Waals surface area contributed by atoms with Crippen molar-refractivity contribution in [3.8, 4) is 0 Å². The lowest BCUT2D eigenvalue weighted by molar-refractivity contribution is -0.122. The zero-order valence-electron chi connectivity index (χ0n) is 23.4. The Kier molecular flexibility index (Phi) is 12.3. The zero-order valence-corrected chi connectivity index (χ0v) is 25.0. The third-order valence-electron chi connectivity index (χ3n) is 5.93. The summed E-state index contributed by atoms with van der Waals surface area (Å²) in [5.74, 6) is 0.332. The van der Waals surface area contributed by atoms with Crippen molar-refractivity contribution in [3.63, 3.8) is 0 Å². The largest absolute Gasteiger partial charge is 0.391 e. The Morgan fingerprint density at radius 3 is 2.35 bits per heavy atom. The minimum atomic E-state index is -0.583. The molecule has 1 fully saturated rings. The fraction of sp³-hybridized carbons (Fsp3) is 0.548. The van der Waals surface area contributed by atoms with E-state index in [1.165, 1.54) is 0 Å². The van der Waals surface area contributed by atoms with Crippen LogP contribution < -0.4 is 5.32 Å². The van der Waals surface area contributed by atoms with Gasteiger partial charge in [-0.05, 0) is 72.4 Å². The van der Waals surface area contributed by atoms with Crippen molar-refractivity contribution in [2.75, 3.05) is 13.1 Å². The number of rotatable bonds is 8. The van der Waals surface area contributed by atoms with Crippen LogP contribution in [0.4, 0.5) is 0 Å². The average Bonchev–Trinajstić information content (AvgIpc) is 3.69. The second-order valence-electron chi connectivity index (χ2n) is 11.3. The molecule has 37 heavy (non-hydrogen) atoms. The van der Waals surface area contributed by atoms with Crippen LogP contribution in [-0.4, -0.2) is 41.0 Å². The maximum absolute atomic E-state index is 12.8. The van der Waals surface area contributed by atoms with Crippen LogP contribution >= 0.6 is 15.9 Å². The van der Waals surface area contributed by atoms with Crippen molar-refractivity contribution in [2.24, 2.45) is 11.3 Å². The monoisotopic (exact) mass is 572 g/mol. The van der Waals surface area contributed by atoms with Gasteiger partial charge in [-0.25, -0.2) is 0 Å². The first-order chi connectivity index (χ1) is 17.5. The molecule has 2 amide bonds. The number of aliphatic hydroxyl groups excluding tert-OH is 1. The van der Waals surface area contributed by atoms with Crippen molar-refractivity contribution >= 4 is 27.7 Å². The second-order valence-corrected chi connectivity index (χ2v) is 12.2. The summed E-state index contributed by atoms with van der Waals surface area (Å²) >= 11 is 3.46. The maximum Gasteiger partial charge on any atom is 0.254 e. The number of aryl methyl sites for hydroxylation is 1. The highest BCUT2D eigenvalue weighted by atomic mass is 79.9. The van der Waals surface area contributed by atoms with Gasteiger partial charge < -0.3 is 15.3 Å². The summed E-state index contributed by atoms with van der Waals surface area (Å²) < 4.78 is 0.981. The van der Waals surface area contributed by atoms with E-state index in [1.54, 1.807) is 4.90 Å². The molecule has 2 N–H and O–H groups in total. The third-order valence-corrected chi connectivity index (χ3v) is 6.43. The molecule has 0 radical (unpaired) electrons. The molecule has 0 aromatic heterocycles. The van der Waals surface area contributed by atoms with E-state index in [0.717, 1.165) is 46.0 Å². The Bertz CT molecular complexity index is 1020. The van der Waals surface area contributed by atoms with Crippen LogP contribution in [-0.2, 0) is 24.2 Å². The van der Waals surface area contributed by atoms with Crippen LogP contribution in [0.1, 0.15) is 87.9 Å². The molecule has 0 spiro atoms. The van der Waals surface area contributed by atoms with Gasteiger partial charge in [0.2, 0.25) is 5.91 Å². The first kappa shape index (κ1) is 31.0. The normalized spacial score (nSPS) is 15.5. The first-order valence-electron chi connectivity index (χ1n) is 13.6. The van der Waals surface area contributed by atoms with Crippen LogP contribution in [0.5, 0.6) is 0 Å². The Morgan fingerprint density at radius 1 is 1.11 bits per heavy atom. The summed E-state index contributed by atoms with van der Waals surface area (Å²) in [6.07, 6.45) is 3.50. The predicted molar refractivity (Wildman–Crippen MR) is 156 cm³/mol. The van der Waals surface area contributed by atoms with E-state index in [4.69, 9.17) is 0 Å². The molecule has 1 aliphatic heterocycles. The van der Waals surface area contributed by atoms with Gasteiger partial charge in [-0.2, -0.15) is 0 Å². The summed E-state index contributed by atoms with van der Waals surface area (Å²) in [5, 5.41) is 13.6. The number of β-amino-alcohol motifs (C(OH)–C–C–N with tert-alkyl or cyclic N) is 1. The van der Waals surface area contributed by atoms with Crippen molar-refractivity contribution in [1.29, 1.82) is 0 Å². The van der Waals surface area contributed by atoms with Gasteiger partial charge in [-0.3, -0.25) is 9.59 Å². The van der Waals surface area contributed by atoms with E-state index >= 15 is 0 Å². The minimum Gasteiger partial charge on any atom is -0.391 e. The Labute approximate surface area is 232 Å². The van der Waals surface area contributed by atoms with Gasteiger partial charge in [0, 0.05) is 35.6 Å². The number of fused-ring (bicyclic) bond motifs is 1. The van der Waals surface area contributed by atoms with Gasteiger partial charge in [0.1, 0.15) is 0 Å². The van der Waals surface area contributed by atoms with Gasteiger partial charge >= 0.3 is 0 Å². The molecule has 1 atom stereocenters. The summed E-state index contributed by atoms with van der Waals surface area (Å²) in [7, 11) is 0. The molecule has 2 aliphatic rings. The molecule has 0 saturated heterocycles. The highest BCUT2D eigenvalue weighted by Gasteiger charge is 2.29. The lowest BCUT2D eigenvalue weighted by Gasteiger charge is -2.30. The van der Waals surface area contributed by atoms with E-state index in [0.29, 0.717) is 37.9 Å². The number of halogens is 1.